The number of carbonyl (C=O) groups is 1. The van der Waals surface area contributed by atoms with Gasteiger partial charge in [0.1, 0.15) is 0 Å². The molecule has 3 rings (SSSR count). The Hall–Kier alpha value is -1.61. The van der Waals surface area contributed by atoms with E-state index in [4.69, 9.17) is 10.5 Å². The third kappa shape index (κ3) is 3.41. The molecule has 0 aliphatic carbocycles. The monoisotopic (exact) mass is 346 g/mol. The zero-order valence-electron chi connectivity index (χ0n) is 13.2. The SMILES string of the molecule is NC1(C(=O)N2CCCC(c3cc(C(F)(F)F)n[nH]3)C2)CCOCC1. The lowest BCUT2D eigenvalue weighted by molar-refractivity contribution is -0.142. The Morgan fingerprint density at radius 1 is 1.42 bits per heavy atom. The largest absolute Gasteiger partial charge is 0.435 e. The van der Waals surface area contributed by atoms with Gasteiger partial charge in [-0.15, -0.1) is 0 Å². The molecule has 1 aromatic rings. The highest BCUT2D eigenvalue weighted by Crippen LogP contribution is 2.33. The van der Waals surface area contributed by atoms with Gasteiger partial charge in [0.2, 0.25) is 5.91 Å². The number of alkyl halides is 3. The number of H-pyrrole nitrogens is 1. The first-order chi connectivity index (χ1) is 11.3. The minimum Gasteiger partial charge on any atom is -0.381 e. The summed E-state index contributed by atoms with van der Waals surface area (Å²) in [4.78, 5) is 14.4. The second kappa shape index (κ2) is 6.36. The molecule has 134 valence electrons. The number of nitrogens with zero attached hydrogens (tertiary/aromatic N) is 2. The van der Waals surface area contributed by atoms with Crippen molar-refractivity contribution in [2.24, 2.45) is 5.73 Å². The predicted molar refractivity (Wildman–Crippen MR) is 79.1 cm³/mol. The number of halogens is 3. The van der Waals surface area contributed by atoms with Crippen LogP contribution in [0.15, 0.2) is 6.07 Å². The van der Waals surface area contributed by atoms with E-state index >= 15 is 0 Å². The number of carbonyl (C=O) groups excluding carboxylic acids is 1. The van der Waals surface area contributed by atoms with Crippen molar-refractivity contribution in [1.82, 2.24) is 15.1 Å². The summed E-state index contributed by atoms with van der Waals surface area (Å²) in [6.45, 7) is 1.84. The van der Waals surface area contributed by atoms with Gasteiger partial charge in [0, 0.05) is 37.9 Å². The summed E-state index contributed by atoms with van der Waals surface area (Å²) in [7, 11) is 0. The maximum Gasteiger partial charge on any atom is 0.435 e. The number of aromatic nitrogens is 2. The van der Waals surface area contributed by atoms with Gasteiger partial charge in [-0.05, 0) is 31.7 Å². The molecule has 1 atom stereocenters. The Labute approximate surface area is 137 Å². The van der Waals surface area contributed by atoms with Crippen molar-refractivity contribution in [3.05, 3.63) is 17.5 Å². The zero-order valence-corrected chi connectivity index (χ0v) is 13.2. The van der Waals surface area contributed by atoms with Crippen LogP contribution in [0.3, 0.4) is 0 Å². The maximum atomic E-state index is 12.8. The molecule has 2 aliphatic rings. The summed E-state index contributed by atoms with van der Waals surface area (Å²) in [5.74, 6) is -0.319. The first-order valence-corrected chi connectivity index (χ1v) is 8.08. The van der Waals surface area contributed by atoms with Gasteiger partial charge >= 0.3 is 6.18 Å². The van der Waals surface area contributed by atoms with Crippen LogP contribution in [0.1, 0.15) is 43.0 Å². The average Bonchev–Trinajstić information content (AvgIpc) is 3.05. The van der Waals surface area contributed by atoms with E-state index in [0.717, 1.165) is 12.5 Å². The van der Waals surface area contributed by atoms with Gasteiger partial charge in [-0.3, -0.25) is 9.89 Å². The van der Waals surface area contributed by atoms with Crippen molar-refractivity contribution in [2.45, 2.75) is 43.3 Å². The third-order valence-electron chi connectivity index (χ3n) is 4.85. The van der Waals surface area contributed by atoms with E-state index in [2.05, 4.69) is 10.2 Å². The molecule has 2 fully saturated rings. The van der Waals surface area contributed by atoms with Crippen molar-refractivity contribution in [3.63, 3.8) is 0 Å². The number of piperidine rings is 1. The van der Waals surface area contributed by atoms with Gasteiger partial charge in [-0.25, -0.2) is 0 Å². The summed E-state index contributed by atoms with van der Waals surface area (Å²) < 4.78 is 43.3. The molecular formula is C15H21F3N4O2. The third-order valence-corrected chi connectivity index (χ3v) is 4.85. The van der Waals surface area contributed by atoms with Crippen LogP contribution in [-0.2, 0) is 15.7 Å². The number of aromatic amines is 1. The summed E-state index contributed by atoms with van der Waals surface area (Å²) in [5, 5.41) is 5.81. The van der Waals surface area contributed by atoms with Crippen LogP contribution in [0.25, 0.3) is 0 Å². The number of rotatable bonds is 2. The predicted octanol–water partition coefficient (Wildman–Crippen LogP) is 1.64. The summed E-state index contributed by atoms with van der Waals surface area (Å²) in [6, 6.07) is 1.03. The molecule has 0 saturated carbocycles. The minimum atomic E-state index is -4.47. The van der Waals surface area contributed by atoms with Gasteiger partial charge in [0.05, 0.1) is 5.54 Å². The smallest absolute Gasteiger partial charge is 0.381 e. The Bertz CT molecular complexity index is 596. The fourth-order valence-electron chi connectivity index (χ4n) is 3.37. The second-order valence-corrected chi connectivity index (χ2v) is 6.57. The molecule has 3 N–H and O–H groups in total. The van der Waals surface area contributed by atoms with Crippen LogP contribution >= 0.6 is 0 Å². The molecular weight excluding hydrogens is 325 g/mol. The quantitative estimate of drug-likeness (QED) is 0.853. The summed E-state index contributed by atoms with van der Waals surface area (Å²) in [5.41, 5.74) is 4.80. The molecule has 6 nitrogen and oxygen atoms in total. The number of amides is 1. The summed E-state index contributed by atoms with van der Waals surface area (Å²) >= 11 is 0. The van der Waals surface area contributed by atoms with Crippen molar-refractivity contribution < 1.29 is 22.7 Å². The molecule has 9 heteroatoms. The average molecular weight is 346 g/mol. The van der Waals surface area contributed by atoms with Crippen LogP contribution in [-0.4, -0.2) is 52.8 Å². The topological polar surface area (TPSA) is 84.2 Å². The van der Waals surface area contributed by atoms with E-state index in [1.807, 2.05) is 0 Å². The lowest BCUT2D eigenvalue weighted by Crippen LogP contribution is -2.59. The molecule has 1 amide bonds. The van der Waals surface area contributed by atoms with Crippen molar-refractivity contribution in [3.8, 4) is 0 Å². The molecule has 0 bridgehead atoms. The normalized spacial score (nSPS) is 24.8. The number of nitrogens with two attached hydrogens (primary N) is 1. The van der Waals surface area contributed by atoms with Crippen molar-refractivity contribution in [2.75, 3.05) is 26.3 Å². The molecule has 0 spiro atoms. The molecule has 2 aliphatic heterocycles. The Balaban J connectivity index is 1.70. The van der Waals surface area contributed by atoms with E-state index in [1.165, 1.54) is 0 Å². The van der Waals surface area contributed by atoms with Crippen LogP contribution in [0, 0.1) is 0 Å². The van der Waals surface area contributed by atoms with Crippen LogP contribution in [0.4, 0.5) is 13.2 Å². The van der Waals surface area contributed by atoms with Gasteiger partial charge in [-0.2, -0.15) is 18.3 Å². The van der Waals surface area contributed by atoms with Gasteiger partial charge in [0.25, 0.3) is 0 Å². The Kier molecular flexibility index (Phi) is 4.56. The summed E-state index contributed by atoms with van der Waals surface area (Å²) in [6.07, 6.45) is -2.10. The number of ether oxygens (including phenoxy) is 1. The molecule has 0 radical (unpaired) electrons. The number of hydrogen-bond acceptors (Lipinski definition) is 4. The highest BCUT2D eigenvalue weighted by molar-refractivity contribution is 5.86. The number of nitrogens with one attached hydrogen (secondary N) is 1. The number of likely N-dealkylation sites (tertiary alicyclic amines) is 1. The van der Waals surface area contributed by atoms with Gasteiger partial charge in [0.15, 0.2) is 5.69 Å². The minimum absolute atomic E-state index is 0.133. The van der Waals surface area contributed by atoms with E-state index < -0.39 is 17.4 Å². The van der Waals surface area contributed by atoms with Gasteiger partial charge < -0.3 is 15.4 Å². The fourth-order valence-corrected chi connectivity index (χ4v) is 3.37. The highest BCUT2D eigenvalue weighted by atomic mass is 19.4. The molecule has 1 aromatic heterocycles. The van der Waals surface area contributed by atoms with E-state index in [-0.39, 0.29) is 11.8 Å². The van der Waals surface area contributed by atoms with Crippen LogP contribution < -0.4 is 5.73 Å². The van der Waals surface area contributed by atoms with E-state index in [9.17, 15) is 18.0 Å². The maximum absolute atomic E-state index is 12.8. The first-order valence-electron chi connectivity index (χ1n) is 8.08. The lowest BCUT2D eigenvalue weighted by Gasteiger charge is -2.40. The van der Waals surface area contributed by atoms with E-state index in [0.29, 0.717) is 51.3 Å². The second-order valence-electron chi connectivity index (χ2n) is 6.57. The molecule has 24 heavy (non-hydrogen) atoms. The van der Waals surface area contributed by atoms with Gasteiger partial charge in [-0.1, -0.05) is 0 Å². The number of hydrogen-bond donors (Lipinski definition) is 2. The standard InChI is InChI=1S/C15H21F3N4O2/c16-15(17,18)12-8-11(20-21-12)10-2-1-5-22(9-10)13(23)14(19)3-6-24-7-4-14/h8,10H,1-7,9,19H2,(H,20,21). The lowest BCUT2D eigenvalue weighted by atomic mass is 9.87. The van der Waals surface area contributed by atoms with Crippen molar-refractivity contribution >= 4 is 5.91 Å². The first kappa shape index (κ1) is 17.2. The Morgan fingerprint density at radius 3 is 2.75 bits per heavy atom. The molecule has 3 heterocycles. The Morgan fingerprint density at radius 2 is 2.12 bits per heavy atom. The zero-order chi connectivity index (χ0) is 17.4. The van der Waals surface area contributed by atoms with Crippen molar-refractivity contribution in [1.29, 1.82) is 0 Å². The highest BCUT2D eigenvalue weighted by Gasteiger charge is 2.41. The molecule has 2 saturated heterocycles. The fraction of sp³-hybridized carbons (Fsp3) is 0.733. The van der Waals surface area contributed by atoms with Crippen LogP contribution in [0.2, 0.25) is 0 Å². The molecule has 0 aromatic carbocycles. The van der Waals surface area contributed by atoms with E-state index in [1.54, 1.807) is 4.90 Å². The molecule has 1 unspecified atom stereocenters. The van der Waals surface area contributed by atoms with Crippen LogP contribution in [0.5, 0.6) is 0 Å².